The standard InChI is InChI=1S/C23H28N8O4/c1-12(2)19(34)16(8-9-17(32)33)28-22(35)13-4-6-15(7-5-13)31(3)11-14-10-26-21-18(27-14)20(24)29-23(25)30-21/h4-7,10,12,16H,8-9,11H2,1-3H3,(H,28,35)(H,32,33)(H4,24,25,26,29,30)/t16-/m0/s1. The number of carbonyl (C=O) groups is 3. The Morgan fingerprint density at radius 2 is 1.77 bits per heavy atom. The molecular formula is C23H28N8O4. The van der Waals surface area contributed by atoms with Crippen molar-refractivity contribution >= 4 is 46.3 Å². The van der Waals surface area contributed by atoms with E-state index in [2.05, 4.69) is 25.3 Å². The Balaban J connectivity index is 1.69. The van der Waals surface area contributed by atoms with Crippen molar-refractivity contribution in [2.24, 2.45) is 5.92 Å². The van der Waals surface area contributed by atoms with Crippen LogP contribution in [0.2, 0.25) is 0 Å². The van der Waals surface area contributed by atoms with Gasteiger partial charge in [-0.25, -0.2) is 9.97 Å². The average molecular weight is 481 g/mol. The molecule has 0 radical (unpaired) electrons. The number of hydrogen-bond acceptors (Lipinski definition) is 10. The van der Waals surface area contributed by atoms with Gasteiger partial charge in [0.05, 0.1) is 24.5 Å². The van der Waals surface area contributed by atoms with Crippen LogP contribution < -0.4 is 21.7 Å². The summed E-state index contributed by atoms with van der Waals surface area (Å²) >= 11 is 0. The van der Waals surface area contributed by atoms with Crippen LogP contribution >= 0.6 is 0 Å². The Hall–Kier alpha value is -4.35. The maximum Gasteiger partial charge on any atom is 0.303 e. The van der Waals surface area contributed by atoms with Crippen LogP contribution in [0.25, 0.3) is 11.2 Å². The molecule has 0 saturated heterocycles. The van der Waals surface area contributed by atoms with Crippen LogP contribution in [0.5, 0.6) is 0 Å². The minimum Gasteiger partial charge on any atom is -0.481 e. The van der Waals surface area contributed by atoms with Gasteiger partial charge in [0.1, 0.15) is 0 Å². The Morgan fingerprint density at radius 3 is 2.40 bits per heavy atom. The Morgan fingerprint density at radius 1 is 1.09 bits per heavy atom. The highest BCUT2D eigenvalue weighted by molar-refractivity contribution is 5.98. The van der Waals surface area contributed by atoms with E-state index in [4.69, 9.17) is 16.6 Å². The number of nitrogens with two attached hydrogens (primary N) is 2. The Labute approximate surface area is 201 Å². The molecule has 184 valence electrons. The third-order valence-electron chi connectivity index (χ3n) is 5.34. The van der Waals surface area contributed by atoms with E-state index >= 15 is 0 Å². The fourth-order valence-corrected chi connectivity index (χ4v) is 3.46. The number of carboxylic acid groups (broad SMARTS) is 1. The molecular weight excluding hydrogens is 452 g/mol. The number of carboxylic acids is 1. The molecule has 1 amide bonds. The summed E-state index contributed by atoms with van der Waals surface area (Å²) in [5, 5.41) is 11.6. The van der Waals surface area contributed by atoms with Gasteiger partial charge in [0.2, 0.25) is 5.95 Å². The van der Waals surface area contributed by atoms with Gasteiger partial charge in [0.15, 0.2) is 22.8 Å². The molecule has 0 aliphatic heterocycles. The number of carbonyl (C=O) groups excluding carboxylic acids is 2. The molecule has 0 spiro atoms. The second-order valence-corrected chi connectivity index (χ2v) is 8.42. The first kappa shape index (κ1) is 25.3. The van der Waals surface area contributed by atoms with E-state index in [9.17, 15) is 14.4 Å². The maximum atomic E-state index is 12.7. The number of amides is 1. The zero-order valence-corrected chi connectivity index (χ0v) is 19.7. The summed E-state index contributed by atoms with van der Waals surface area (Å²) in [4.78, 5) is 54.6. The molecule has 0 saturated carbocycles. The normalized spacial score (nSPS) is 11.9. The predicted molar refractivity (Wildman–Crippen MR) is 130 cm³/mol. The van der Waals surface area contributed by atoms with Crippen molar-refractivity contribution in [3.05, 3.63) is 41.7 Å². The predicted octanol–water partition coefficient (Wildman–Crippen LogP) is 1.41. The van der Waals surface area contributed by atoms with E-state index in [1.54, 1.807) is 44.3 Å². The lowest BCUT2D eigenvalue weighted by Crippen LogP contribution is -2.43. The minimum atomic E-state index is -1.02. The molecule has 1 atom stereocenters. The van der Waals surface area contributed by atoms with Crippen LogP contribution in [-0.2, 0) is 16.1 Å². The topological polar surface area (TPSA) is 190 Å². The number of benzene rings is 1. The van der Waals surface area contributed by atoms with Gasteiger partial charge in [-0.1, -0.05) is 13.8 Å². The monoisotopic (exact) mass is 480 g/mol. The first-order valence-electron chi connectivity index (χ1n) is 11.0. The summed E-state index contributed by atoms with van der Waals surface area (Å²) < 4.78 is 0. The number of nitrogens with zero attached hydrogens (tertiary/aromatic N) is 5. The highest BCUT2D eigenvalue weighted by Crippen LogP contribution is 2.19. The van der Waals surface area contributed by atoms with Crippen molar-refractivity contribution < 1.29 is 19.5 Å². The van der Waals surface area contributed by atoms with Crippen molar-refractivity contribution in [1.82, 2.24) is 25.3 Å². The number of rotatable bonds is 10. The molecule has 12 nitrogen and oxygen atoms in total. The second kappa shape index (κ2) is 10.7. The van der Waals surface area contributed by atoms with Crippen molar-refractivity contribution in [3.63, 3.8) is 0 Å². The van der Waals surface area contributed by atoms with E-state index in [0.29, 0.717) is 29.0 Å². The average Bonchev–Trinajstić information content (AvgIpc) is 2.81. The highest BCUT2D eigenvalue weighted by Gasteiger charge is 2.24. The molecule has 12 heteroatoms. The lowest BCUT2D eigenvalue weighted by molar-refractivity contribution is -0.137. The van der Waals surface area contributed by atoms with Gasteiger partial charge < -0.3 is 26.8 Å². The number of fused-ring (bicyclic) bond motifs is 1. The van der Waals surface area contributed by atoms with Gasteiger partial charge in [0.25, 0.3) is 5.91 Å². The van der Waals surface area contributed by atoms with E-state index in [1.165, 1.54) is 0 Å². The molecule has 1 aromatic carbocycles. The number of anilines is 3. The quantitative estimate of drug-likeness (QED) is 0.328. The zero-order valence-electron chi connectivity index (χ0n) is 19.7. The van der Waals surface area contributed by atoms with Crippen LogP contribution in [0.3, 0.4) is 0 Å². The van der Waals surface area contributed by atoms with Crippen molar-refractivity contribution in [2.75, 3.05) is 23.4 Å². The van der Waals surface area contributed by atoms with Gasteiger partial charge in [-0.3, -0.25) is 14.4 Å². The number of aromatic nitrogens is 4. The fourth-order valence-electron chi connectivity index (χ4n) is 3.46. The Bertz CT molecular complexity index is 1250. The second-order valence-electron chi connectivity index (χ2n) is 8.42. The number of ketones is 1. The number of hydrogen-bond donors (Lipinski definition) is 4. The molecule has 2 heterocycles. The van der Waals surface area contributed by atoms with Gasteiger partial charge in [-0.2, -0.15) is 9.97 Å². The van der Waals surface area contributed by atoms with Crippen LogP contribution in [0.4, 0.5) is 17.5 Å². The summed E-state index contributed by atoms with van der Waals surface area (Å²) in [5.74, 6) is -1.83. The van der Waals surface area contributed by atoms with Crippen LogP contribution in [0.1, 0.15) is 42.7 Å². The van der Waals surface area contributed by atoms with Crippen LogP contribution in [0.15, 0.2) is 30.5 Å². The summed E-state index contributed by atoms with van der Waals surface area (Å²) in [6.45, 7) is 3.83. The third kappa shape index (κ3) is 6.37. The lowest BCUT2D eigenvalue weighted by atomic mass is 9.97. The summed E-state index contributed by atoms with van der Waals surface area (Å²) in [6.07, 6.45) is 1.40. The zero-order chi connectivity index (χ0) is 25.7. The molecule has 0 fully saturated rings. The smallest absolute Gasteiger partial charge is 0.303 e. The molecule has 35 heavy (non-hydrogen) atoms. The molecule has 3 aromatic rings. The van der Waals surface area contributed by atoms with Crippen LogP contribution in [-0.4, -0.2) is 55.8 Å². The maximum absolute atomic E-state index is 12.7. The minimum absolute atomic E-state index is 0.0278. The lowest BCUT2D eigenvalue weighted by Gasteiger charge is -2.20. The molecule has 3 rings (SSSR count). The molecule has 2 aromatic heterocycles. The van der Waals surface area contributed by atoms with E-state index in [0.717, 1.165) is 5.69 Å². The van der Waals surface area contributed by atoms with Gasteiger partial charge in [-0.15, -0.1) is 0 Å². The molecule has 0 aliphatic rings. The number of nitrogen functional groups attached to an aromatic ring is 2. The van der Waals surface area contributed by atoms with Gasteiger partial charge in [0, 0.05) is 30.6 Å². The van der Waals surface area contributed by atoms with Crippen molar-refractivity contribution in [3.8, 4) is 0 Å². The van der Waals surface area contributed by atoms with Crippen LogP contribution in [0, 0.1) is 5.92 Å². The van der Waals surface area contributed by atoms with Gasteiger partial charge >= 0.3 is 5.97 Å². The summed E-state index contributed by atoms with van der Waals surface area (Å²) in [5.41, 5.74) is 13.9. The van der Waals surface area contributed by atoms with Crippen molar-refractivity contribution in [1.29, 1.82) is 0 Å². The first-order chi connectivity index (χ1) is 16.5. The van der Waals surface area contributed by atoms with E-state index in [-0.39, 0.29) is 36.3 Å². The summed E-state index contributed by atoms with van der Waals surface area (Å²) in [7, 11) is 1.85. The number of Topliss-reactive ketones (excluding diaryl/α,β-unsaturated/α-hetero) is 1. The molecule has 0 unspecified atom stereocenters. The Kier molecular flexibility index (Phi) is 7.74. The third-order valence-corrected chi connectivity index (χ3v) is 5.34. The summed E-state index contributed by atoms with van der Waals surface area (Å²) in [6, 6.07) is 5.93. The highest BCUT2D eigenvalue weighted by atomic mass is 16.4. The van der Waals surface area contributed by atoms with E-state index < -0.39 is 17.9 Å². The van der Waals surface area contributed by atoms with Gasteiger partial charge in [-0.05, 0) is 30.7 Å². The molecule has 0 bridgehead atoms. The fraction of sp³-hybridized carbons (Fsp3) is 0.348. The SMILES string of the molecule is CC(C)C(=O)[C@H](CCC(=O)O)NC(=O)c1ccc(N(C)Cc2cnc3nc(N)nc(N)c3n2)cc1. The van der Waals surface area contributed by atoms with Crippen molar-refractivity contribution in [2.45, 2.75) is 39.3 Å². The molecule has 6 N–H and O–H groups in total. The number of nitrogens with one attached hydrogen (secondary N) is 1. The largest absolute Gasteiger partial charge is 0.481 e. The van der Waals surface area contributed by atoms with E-state index in [1.807, 2.05) is 11.9 Å². The number of aliphatic carboxylic acids is 1. The first-order valence-corrected chi connectivity index (χ1v) is 11.0. The molecule has 0 aliphatic carbocycles.